The average Bonchev–Trinajstić information content (AvgIpc) is 2.90. The fourth-order valence-corrected chi connectivity index (χ4v) is 3.46. The van der Waals surface area contributed by atoms with E-state index >= 15 is 0 Å². The maximum atomic E-state index is 6.61. The fraction of sp³-hybridized carbons (Fsp3) is 0.238. The summed E-state index contributed by atoms with van der Waals surface area (Å²) in [6.07, 6.45) is 1.79. The van der Waals surface area contributed by atoms with Gasteiger partial charge in [-0.15, -0.1) is 0 Å². The van der Waals surface area contributed by atoms with Crippen molar-refractivity contribution in [3.8, 4) is 0 Å². The van der Waals surface area contributed by atoms with Crippen LogP contribution in [-0.2, 0) is 5.79 Å². The zero-order valence-corrected chi connectivity index (χ0v) is 16.0. The topological polar surface area (TPSA) is 94.2 Å². The molecule has 0 saturated heterocycles. The minimum atomic E-state index is -1.13. The van der Waals surface area contributed by atoms with E-state index in [0.29, 0.717) is 5.84 Å². The van der Waals surface area contributed by atoms with Crippen LogP contribution in [0, 0.1) is 27.7 Å². The molecular weight excluding hydrogens is 336 g/mol. The number of aliphatic imine (C=N–C) groups is 1. The Labute approximate surface area is 158 Å². The number of fused-ring (bicyclic) bond motifs is 1. The van der Waals surface area contributed by atoms with Crippen molar-refractivity contribution < 1.29 is 0 Å². The third-order valence-electron chi connectivity index (χ3n) is 5.08. The molecular formula is C21H24N6. The van der Waals surface area contributed by atoms with Crippen molar-refractivity contribution in [2.24, 2.45) is 16.5 Å². The molecule has 6 heteroatoms. The number of imidazole rings is 1. The summed E-state index contributed by atoms with van der Waals surface area (Å²) in [5, 5.41) is 3.36. The van der Waals surface area contributed by atoms with Crippen molar-refractivity contribution in [3.05, 3.63) is 70.6 Å². The van der Waals surface area contributed by atoms with Crippen LogP contribution in [0.15, 0.2) is 47.5 Å². The second-order valence-electron chi connectivity index (χ2n) is 7.24. The number of aromatic nitrogens is 2. The first kappa shape index (κ1) is 17.3. The van der Waals surface area contributed by atoms with Crippen LogP contribution in [0.3, 0.4) is 0 Å². The van der Waals surface area contributed by atoms with Crippen LogP contribution in [0.5, 0.6) is 0 Å². The monoisotopic (exact) mass is 360 g/mol. The lowest BCUT2D eigenvalue weighted by atomic mass is 10.1. The molecule has 1 aliphatic heterocycles. The number of amidine groups is 1. The van der Waals surface area contributed by atoms with E-state index in [-0.39, 0.29) is 0 Å². The predicted octanol–water partition coefficient (Wildman–Crippen LogP) is 2.80. The SMILES string of the molecule is Cc1ccc(C2(N)N=C(N)C=C(n3c(C)nc4cc(C)c(C)cc43)N2)cc1. The molecule has 0 radical (unpaired) electrons. The molecule has 1 aliphatic rings. The normalized spacial score (nSPS) is 19.6. The average molecular weight is 360 g/mol. The van der Waals surface area contributed by atoms with Gasteiger partial charge >= 0.3 is 0 Å². The lowest BCUT2D eigenvalue weighted by molar-refractivity contribution is 0.411. The molecule has 5 N–H and O–H groups in total. The molecule has 0 bridgehead atoms. The van der Waals surface area contributed by atoms with Gasteiger partial charge in [-0.2, -0.15) is 0 Å². The van der Waals surface area contributed by atoms with Crippen molar-refractivity contribution in [2.45, 2.75) is 33.5 Å². The standard InChI is InChI=1S/C21H24N6/c1-12-5-7-16(8-6-12)21(23)25-19(22)11-20(26-21)27-15(4)24-17-9-13(2)14(3)10-18(17)27/h5-11,26H,23H2,1-4H3,(H2,22,25). The molecule has 0 fully saturated rings. The number of hydrogen-bond acceptors (Lipinski definition) is 5. The van der Waals surface area contributed by atoms with Gasteiger partial charge in [0, 0.05) is 11.6 Å². The van der Waals surface area contributed by atoms with Crippen molar-refractivity contribution in [2.75, 3.05) is 0 Å². The second kappa shape index (κ2) is 5.96. The minimum absolute atomic E-state index is 0.372. The molecule has 27 heavy (non-hydrogen) atoms. The van der Waals surface area contributed by atoms with Crippen LogP contribution in [0.25, 0.3) is 16.9 Å². The molecule has 1 atom stereocenters. The van der Waals surface area contributed by atoms with Crippen LogP contribution in [0.1, 0.15) is 28.1 Å². The summed E-state index contributed by atoms with van der Waals surface area (Å²) in [4.78, 5) is 9.17. The first-order valence-corrected chi connectivity index (χ1v) is 8.95. The summed E-state index contributed by atoms with van der Waals surface area (Å²) in [6.45, 7) is 8.20. The summed E-state index contributed by atoms with van der Waals surface area (Å²) in [7, 11) is 0. The summed E-state index contributed by atoms with van der Waals surface area (Å²) in [5.41, 5.74) is 19.1. The number of hydrogen-bond donors (Lipinski definition) is 3. The molecule has 2 aromatic carbocycles. The Morgan fingerprint density at radius 3 is 2.37 bits per heavy atom. The van der Waals surface area contributed by atoms with E-state index in [2.05, 4.69) is 36.3 Å². The lowest BCUT2D eigenvalue weighted by Gasteiger charge is -2.33. The molecule has 0 aliphatic carbocycles. The van der Waals surface area contributed by atoms with E-state index in [0.717, 1.165) is 33.8 Å². The number of nitrogens with one attached hydrogen (secondary N) is 1. The molecule has 138 valence electrons. The first-order valence-electron chi connectivity index (χ1n) is 8.95. The van der Waals surface area contributed by atoms with E-state index in [1.54, 1.807) is 6.08 Å². The highest BCUT2D eigenvalue weighted by Gasteiger charge is 2.31. The van der Waals surface area contributed by atoms with Crippen molar-refractivity contribution in [3.63, 3.8) is 0 Å². The Morgan fingerprint density at radius 2 is 1.67 bits per heavy atom. The molecule has 1 aromatic heterocycles. The van der Waals surface area contributed by atoms with E-state index in [9.17, 15) is 0 Å². The maximum absolute atomic E-state index is 6.61. The predicted molar refractivity (Wildman–Crippen MR) is 110 cm³/mol. The quantitative estimate of drug-likeness (QED) is 0.655. The molecule has 0 saturated carbocycles. The number of nitrogens with zero attached hydrogens (tertiary/aromatic N) is 3. The van der Waals surface area contributed by atoms with Gasteiger partial charge in [-0.3, -0.25) is 10.3 Å². The van der Waals surface area contributed by atoms with Crippen LogP contribution in [0.2, 0.25) is 0 Å². The third kappa shape index (κ3) is 2.88. The van der Waals surface area contributed by atoms with Crippen molar-refractivity contribution in [1.29, 1.82) is 0 Å². The van der Waals surface area contributed by atoms with E-state index in [1.165, 1.54) is 11.1 Å². The summed E-state index contributed by atoms with van der Waals surface area (Å²) < 4.78 is 2.04. The molecule has 3 aromatic rings. The highest BCUT2D eigenvalue weighted by Crippen LogP contribution is 2.28. The van der Waals surface area contributed by atoms with Crippen LogP contribution >= 0.6 is 0 Å². The van der Waals surface area contributed by atoms with Gasteiger partial charge in [0.25, 0.3) is 0 Å². The Hall–Kier alpha value is -3.12. The van der Waals surface area contributed by atoms with Crippen LogP contribution in [0.4, 0.5) is 0 Å². The number of aryl methyl sites for hydroxylation is 4. The van der Waals surface area contributed by atoms with Crippen molar-refractivity contribution in [1.82, 2.24) is 14.9 Å². The van der Waals surface area contributed by atoms with Crippen LogP contribution in [-0.4, -0.2) is 15.4 Å². The maximum Gasteiger partial charge on any atom is 0.212 e. The zero-order chi connectivity index (χ0) is 19.3. The molecule has 0 spiro atoms. The number of rotatable bonds is 2. The summed E-state index contributed by atoms with van der Waals surface area (Å²) >= 11 is 0. The zero-order valence-electron chi connectivity index (χ0n) is 16.0. The number of nitrogens with two attached hydrogens (primary N) is 2. The van der Waals surface area contributed by atoms with E-state index in [4.69, 9.17) is 16.5 Å². The number of benzene rings is 2. The highest BCUT2D eigenvalue weighted by atomic mass is 15.3. The highest BCUT2D eigenvalue weighted by molar-refractivity contribution is 5.98. The summed E-state index contributed by atoms with van der Waals surface area (Å²) in [5.74, 6) is 0.852. The molecule has 4 rings (SSSR count). The smallest absolute Gasteiger partial charge is 0.212 e. The Balaban J connectivity index is 1.85. The summed E-state index contributed by atoms with van der Waals surface area (Å²) in [6, 6.07) is 12.2. The van der Waals surface area contributed by atoms with Crippen LogP contribution < -0.4 is 16.8 Å². The molecule has 6 nitrogen and oxygen atoms in total. The Bertz CT molecular complexity index is 1100. The largest absolute Gasteiger partial charge is 0.384 e. The van der Waals surface area contributed by atoms with Gasteiger partial charge in [0.2, 0.25) is 5.79 Å². The Morgan fingerprint density at radius 1 is 1.00 bits per heavy atom. The molecule has 1 unspecified atom stereocenters. The third-order valence-corrected chi connectivity index (χ3v) is 5.08. The van der Waals surface area contributed by atoms with Crippen molar-refractivity contribution >= 4 is 22.7 Å². The van der Waals surface area contributed by atoms with Gasteiger partial charge in [-0.1, -0.05) is 29.8 Å². The van der Waals surface area contributed by atoms with E-state index in [1.807, 2.05) is 42.7 Å². The van der Waals surface area contributed by atoms with Gasteiger partial charge in [0.05, 0.1) is 11.0 Å². The van der Waals surface area contributed by atoms with Gasteiger partial charge in [-0.05, 0) is 51.0 Å². The Kier molecular flexibility index (Phi) is 3.82. The fourth-order valence-electron chi connectivity index (χ4n) is 3.46. The van der Waals surface area contributed by atoms with E-state index < -0.39 is 5.79 Å². The van der Waals surface area contributed by atoms with Gasteiger partial charge < -0.3 is 11.1 Å². The minimum Gasteiger partial charge on any atom is -0.384 e. The van der Waals surface area contributed by atoms with Gasteiger partial charge in [-0.25, -0.2) is 9.98 Å². The van der Waals surface area contributed by atoms with Gasteiger partial charge in [0.1, 0.15) is 17.5 Å². The molecule has 0 amide bonds. The second-order valence-corrected chi connectivity index (χ2v) is 7.24. The first-order chi connectivity index (χ1) is 12.8. The van der Waals surface area contributed by atoms with Gasteiger partial charge in [0.15, 0.2) is 0 Å². The molecule has 2 heterocycles. The lowest BCUT2D eigenvalue weighted by Crippen LogP contribution is -2.52.